The molecule has 2 aromatic heterocycles. The summed E-state index contributed by atoms with van der Waals surface area (Å²) >= 11 is 0. The van der Waals surface area contributed by atoms with Crippen LogP contribution in [-0.2, 0) is 24.2 Å². The number of carbonyl (C=O) groups excluding carboxylic acids is 1. The second-order valence-corrected chi connectivity index (χ2v) is 7.72. The zero-order chi connectivity index (χ0) is 18.9. The van der Waals surface area contributed by atoms with E-state index in [9.17, 15) is 4.79 Å². The maximum absolute atomic E-state index is 12.5. The summed E-state index contributed by atoms with van der Waals surface area (Å²) in [5.41, 5.74) is 9.57. The molecule has 28 heavy (non-hydrogen) atoms. The van der Waals surface area contributed by atoms with Crippen LogP contribution >= 0.6 is 0 Å². The van der Waals surface area contributed by atoms with E-state index in [4.69, 9.17) is 0 Å². The van der Waals surface area contributed by atoms with E-state index in [0.29, 0.717) is 17.0 Å². The van der Waals surface area contributed by atoms with Crippen LogP contribution in [0.2, 0.25) is 0 Å². The Balaban J connectivity index is 1.55. The molecular weight excluding hydrogens is 352 g/mol. The SMILES string of the molecule is O=C1NN=C(c2ccncn2)C1=Cc1[nH]c2c(c1CN1CCCC1)CCCC2. The number of aromatic amines is 1. The Hall–Kier alpha value is -2.80. The summed E-state index contributed by atoms with van der Waals surface area (Å²) in [5, 5.41) is 4.21. The highest BCUT2D eigenvalue weighted by molar-refractivity contribution is 6.32. The van der Waals surface area contributed by atoms with Crippen LogP contribution in [0, 0.1) is 0 Å². The van der Waals surface area contributed by atoms with Gasteiger partial charge in [-0.3, -0.25) is 9.69 Å². The molecule has 0 spiro atoms. The molecule has 1 fully saturated rings. The van der Waals surface area contributed by atoms with E-state index in [0.717, 1.165) is 38.2 Å². The Morgan fingerprint density at radius 2 is 2.00 bits per heavy atom. The number of amides is 1. The van der Waals surface area contributed by atoms with E-state index >= 15 is 0 Å². The van der Waals surface area contributed by atoms with Gasteiger partial charge in [0.2, 0.25) is 0 Å². The second-order valence-electron chi connectivity index (χ2n) is 7.72. The zero-order valence-corrected chi connectivity index (χ0v) is 15.9. The molecule has 2 aliphatic heterocycles. The fraction of sp³-hybridized carbons (Fsp3) is 0.429. The molecule has 0 radical (unpaired) electrons. The molecule has 0 bridgehead atoms. The molecule has 3 aliphatic rings. The first-order valence-corrected chi connectivity index (χ1v) is 10.1. The highest BCUT2D eigenvalue weighted by Gasteiger charge is 2.27. The van der Waals surface area contributed by atoms with Gasteiger partial charge >= 0.3 is 0 Å². The quantitative estimate of drug-likeness (QED) is 0.801. The molecule has 1 aliphatic carbocycles. The van der Waals surface area contributed by atoms with Crippen LogP contribution in [0.5, 0.6) is 0 Å². The molecule has 144 valence electrons. The first-order valence-electron chi connectivity index (χ1n) is 10.1. The number of hydrazone groups is 1. The minimum atomic E-state index is -0.187. The van der Waals surface area contributed by atoms with E-state index in [2.05, 4.69) is 30.4 Å². The van der Waals surface area contributed by atoms with Gasteiger partial charge in [-0.05, 0) is 74.9 Å². The fourth-order valence-corrected chi connectivity index (χ4v) is 4.48. The molecule has 7 nitrogen and oxygen atoms in total. The van der Waals surface area contributed by atoms with E-state index in [1.165, 1.54) is 48.8 Å². The molecule has 0 saturated carbocycles. The molecule has 4 heterocycles. The van der Waals surface area contributed by atoms with Gasteiger partial charge in [-0.25, -0.2) is 15.4 Å². The molecule has 2 N–H and O–H groups in total. The van der Waals surface area contributed by atoms with Gasteiger partial charge in [-0.2, -0.15) is 5.10 Å². The summed E-state index contributed by atoms with van der Waals surface area (Å²) in [4.78, 5) is 26.9. The van der Waals surface area contributed by atoms with Crippen molar-refractivity contribution < 1.29 is 4.79 Å². The van der Waals surface area contributed by atoms with Crippen molar-refractivity contribution in [2.24, 2.45) is 5.10 Å². The first-order chi connectivity index (χ1) is 13.8. The summed E-state index contributed by atoms with van der Waals surface area (Å²) in [7, 11) is 0. The van der Waals surface area contributed by atoms with E-state index < -0.39 is 0 Å². The van der Waals surface area contributed by atoms with E-state index in [-0.39, 0.29) is 5.91 Å². The van der Waals surface area contributed by atoms with Crippen LogP contribution in [0.15, 0.2) is 29.3 Å². The maximum atomic E-state index is 12.5. The van der Waals surface area contributed by atoms with Crippen molar-refractivity contribution in [1.82, 2.24) is 25.3 Å². The summed E-state index contributed by atoms with van der Waals surface area (Å²) in [6.45, 7) is 3.26. The normalized spacial score (nSPS) is 21.1. The fourth-order valence-electron chi connectivity index (χ4n) is 4.48. The third kappa shape index (κ3) is 3.16. The van der Waals surface area contributed by atoms with Crippen LogP contribution in [0.1, 0.15) is 53.9 Å². The predicted molar refractivity (Wildman–Crippen MR) is 107 cm³/mol. The third-order valence-electron chi connectivity index (χ3n) is 5.91. The van der Waals surface area contributed by atoms with Crippen molar-refractivity contribution in [2.75, 3.05) is 13.1 Å². The molecule has 1 amide bonds. The number of H-pyrrole nitrogens is 1. The van der Waals surface area contributed by atoms with Crippen molar-refractivity contribution in [2.45, 2.75) is 45.1 Å². The summed E-state index contributed by atoms with van der Waals surface area (Å²) in [6, 6.07) is 1.78. The van der Waals surface area contributed by atoms with Gasteiger partial charge in [-0.1, -0.05) is 0 Å². The Labute approximate surface area is 164 Å². The second kappa shape index (κ2) is 7.31. The molecule has 2 aromatic rings. The van der Waals surface area contributed by atoms with Crippen molar-refractivity contribution in [3.05, 3.63) is 52.4 Å². The molecule has 1 saturated heterocycles. The van der Waals surface area contributed by atoms with Crippen molar-refractivity contribution in [3.8, 4) is 0 Å². The lowest BCUT2D eigenvalue weighted by Crippen LogP contribution is -2.20. The number of likely N-dealkylation sites (tertiary alicyclic amines) is 1. The Kier molecular flexibility index (Phi) is 4.52. The highest BCUT2D eigenvalue weighted by Crippen LogP contribution is 2.31. The van der Waals surface area contributed by atoms with Gasteiger partial charge in [0, 0.05) is 24.1 Å². The summed E-state index contributed by atoms with van der Waals surface area (Å²) < 4.78 is 0. The van der Waals surface area contributed by atoms with Crippen LogP contribution in [0.25, 0.3) is 6.08 Å². The number of nitrogens with one attached hydrogen (secondary N) is 2. The highest BCUT2D eigenvalue weighted by atomic mass is 16.2. The monoisotopic (exact) mass is 376 g/mol. The molecule has 0 aromatic carbocycles. The summed E-state index contributed by atoms with van der Waals surface area (Å²) in [5.74, 6) is -0.187. The number of carbonyl (C=O) groups is 1. The van der Waals surface area contributed by atoms with Gasteiger partial charge in [-0.15, -0.1) is 0 Å². The standard InChI is InChI=1S/C21H24N6O/c28-21-15(20(25-26-21)18-7-8-22-13-23-18)11-19-16(12-27-9-3-4-10-27)14-5-1-2-6-17(14)24-19/h7-8,11,13,24H,1-6,9-10,12H2,(H,26,28). The summed E-state index contributed by atoms with van der Waals surface area (Å²) in [6.07, 6.45) is 12.3. The number of fused-ring (bicyclic) bond motifs is 1. The van der Waals surface area contributed by atoms with Gasteiger partial charge in [0.1, 0.15) is 12.0 Å². The van der Waals surface area contributed by atoms with Crippen molar-refractivity contribution >= 4 is 17.7 Å². The topological polar surface area (TPSA) is 86.3 Å². The average molecular weight is 376 g/mol. The molecule has 0 atom stereocenters. The lowest BCUT2D eigenvalue weighted by atomic mass is 9.93. The van der Waals surface area contributed by atoms with Gasteiger partial charge in [0.15, 0.2) is 0 Å². The number of hydrogen-bond donors (Lipinski definition) is 2. The van der Waals surface area contributed by atoms with E-state index in [1.807, 2.05) is 6.08 Å². The van der Waals surface area contributed by atoms with Crippen LogP contribution < -0.4 is 5.43 Å². The molecular formula is C21H24N6O. The van der Waals surface area contributed by atoms with Crippen molar-refractivity contribution in [3.63, 3.8) is 0 Å². The third-order valence-corrected chi connectivity index (χ3v) is 5.91. The Morgan fingerprint density at radius 1 is 1.14 bits per heavy atom. The smallest absolute Gasteiger partial charge is 0.273 e. The van der Waals surface area contributed by atoms with Gasteiger partial charge < -0.3 is 4.98 Å². The lowest BCUT2D eigenvalue weighted by molar-refractivity contribution is -0.116. The van der Waals surface area contributed by atoms with Crippen molar-refractivity contribution in [1.29, 1.82) is 0 Å². The number of rotatable bonds is 4. The average Bonchev–Trinajstić information content (AvgIpc) is 3.45. The maximum Gasteiger partial charge on any atom is 0.273 e. The largest absolute Gasteiger partial charge is 0.358 e. The number of nitrogens with zero attached hydrogens (tertiary/aromatic N) is 4. The molecule has 0 unspecified atom stereocenters. The Morgan fingerprint density at radius 3 is 2.82 bits per heavy atom. The predicted octanol–water partition coefficient (Wildman–Crippen LogP) is 2.20. The minimum Gasteiger partial charge on any atom is -0.358 e. The number of aromatic nitrogens is 3. The van der Waals surface area contributed by atoms with Crippen LogP contribution in [-0.4, -0.2) is 44.6 Å². The first kappa shape index (κ1) is 17.3. The zero-order valence-electron chi connectivity index (χ0n) is 15.9. The number of aryl methyl sites for hydroxylation is 1. The van der Waals surface area contributed by atoms with Gasteiger partial charge in [0.05, 0.1) is 11.3 Å². The molecule has 7 heteroatoms. The van der Waals surface area contributed by atoms with E-state index in [1.54, 1.807) is 12.3 Å². The lowest BCUT2D eigenvalue weighted by Gasteiger charge is -2.18. The van der Waals surface area contributed by atoms with Crippen LogP contribution in [0.3, 0.4) is 0 Å². The van der Waals surface area contributed by atoms with Crippen LogP contribution in [0.4, 0.5) is 0 Å². The minimum absolute atomic E-state index is 0.187. The Bertz CT molecular complexity index is 953. The number of hydrogen-bond acceptors (Lipinski definition) is 5. The molecule has 5 rings (SSSR count). The van der Waals surface area contributed by atoms with Gasteiger partial charge in [0.25, 0.3) is 5.91 Å².